The van der Waals surface area contributed by atoms with Gasteiger partial charge in [0.25, 0.3) is 5.91 Å². The quantitative estimate of drug-likeness (QED) is 0.835. The lowest BCUT2D eigenvalue weighted by molar-refractivity contribution is -0.122. The van der Waals surface area contributed by atoms with Crippen LogP contribution in [0.15, 0.2) is 28.7 Å². The van der Waals surface area contributed by atoms with Crippen molar-refractivity contribution in [2.45, 2.75) is 46.6 Å². The van der Waals surface area contributed by atoms with Gasteiger partial charge in [-0.2, -0.15) is 0 Å². The molecule has 2 amide bonds. The van der Waals surface area contributed by atoms with Crippen LogP contribution in [0.5, 0.6) is 0 Å². The average Bonchev–Trinajstić information content (AvgIpc) is 2.32. The SMILES string of the molecule is CC(C)(C)CC(C)(C)NC(=O)CNC(=O)c1cccc(Br)c1. The summed E-state index contributed by atoms with van der Waals surface area (Å²) in [5.41, 5.74) is 0.336. The van der Waals surface area contributed by atoms with Crippen molar-refractivity contribution in [2.75, 3.05) is 6.54 Å². The fourth-order valence-electron chi connectivity index (χ4n) is 2.68. The van der Waals surface area contributed by atoms with Crippen molar-refractivity contribution >= 4 is 27.7 Å². The molecule has 0 fully saturated rings. The van der Waals surface area contributed by atoms with Crippen LogP contribution in [-0.2, 0) is 4.79 Å². The standard InChI is InChI=1S/C17H25BrN2O2/c1-16(2,3)11-17(4,5)20-14(21)10-19-15(22)12-7-6-8-13(18)9-12/h6-9H,10-11H2,1-5H3,(H,19,22)(H,20,21). The van der Waals surface area contributed by atoms with E-state index in [1.54, 1.807) is 18.2 Å². The van der Waals surface area contributed by atoms with Crippen molar-refractivity contribution in [3.63, 3.8) is 0 Å². The van der Waals surface area contributed by atoms with E-state index in [1.165, 1.54) is 0 Å². The molecule has 0 heterocycles. The van der Waals surface area contributed by atoms with Crippen molar-refractivity contribution in [2.24, 2.45) is 5.41 Å². The van der Waals surface area contributed by atoms with Gasteiger partial charge in [0.1, 0.15) is 0 Å². The van der Waals surface area contributed by atoms with Gasteiger partial charge < -0.3 is 10.6 Å². The van der Waals surface area contributed by atoms with Crippen LogP contribution in [0.4, 0.5) is 0 Å². The number of hydrogen-bond acceptors (Lipinski definition) is 2. The predicted octanol–water partition coefficient (Wildman–Crippen LogP) is 3.51. The van der Waals surface area contributed by atoms with Crippen molar-refractivity contribution in [3.8, 4) is 0 Å². The molecule has 0 radical (unpaired) electrons. The molecule has 1 aromatic rings. The summed E-state index contributed by atoms with van der Waals surface area (Å²) in [4.78, 5) is 24.0. The van der Waals surface area contributed by atoms with E-state index in [4.69, 9.17) is 0 Å². The molecular formula is C17H25BrN2O2. The average molecular weight is 369 g/mol. The molecule has 0 unspecified atom stereocenters. The zero-order valence-electron chi connectivity index (χ0n) is 13.9. The zero-order chi connectivity index (χ0) is 17.0. The van der Waals surface area contributed by atoms with E-state index in [-0.39, 0.29) is 29.3 Å². The second-order valence-electron chi connectivity index (χ2n) is 7.36. The summed E-state index contributed by atoms with van der Waals surface area (Å²) < 4.78 is 0.830. The largest absolute Gasteiger partial charge is 0.350 e. The fourth-order valence-corrected chi connectivity index (χ4v) is 3.08. The van der Waals surface area contributed by atoms with Gasteiger partial charge in [0.05, 0.1) is 6.54 Å². The van der Waals surface area contributed by atoms with Gasteiger partial charge in [0.2, 0.25) is 5.91 Å². The first-order valence-electron chi connectivity index (χ1n) is 7.33. The maximum Gasteiger partial charge on any atom is 0.251 e. The third-order valence-corrected chi connectivity index (χ3v) is 3.44. The monoisotopic (exact) mass is 368 g/mol. The van der Waals surface area contributed by atoms with E-state index in [0.29, 0.717) is 5.56 Å². The minimum Gasteiger partial charge on any atom is -0.350 e. The number of amides is 2. The Hall–Kier alpha value is -1.36. The first-order valence-corrected chi connectivity index (χ1v) is 8.13. The summed E-state index contributed by atoms with van der Waals surface area (Å²) in [5.74, 6) is -0.442. The lowest BCUT2D eigenvalue weighted by Crippen LogP contribution is -2.49. The third kappa shape index (κ3) is 7.07. The van der Waals surface area contributed by atoms with Gasteiger partial charge >= 0.3 is 0 Å². The highest BCUT2D eigenvalue weighted by atomic mass is 79.9. The maximum absolute atomic E-state index is 12.0. The number of halogens is 1. The Kier molecular flexibility index (Phi) is 6.17. The van der Waals surface area contributed by atoms with E-state index in [1.807, 2.05) is 19.9 Å². The number of carbonyl (C=O) groups excluding carboxylic acids is 2. The van der Waals surface area contributed by atoms with Crippen LogP contribution in [0.1, 0.15) is 51.4 Å². The van der Waals surface area contributed by atoms with E-state index in [0.717, 1.165) is 10.9 Å². The summed E-state index contributed by atoms with van der Waals surface area (Å²) in [7, 11) is 0. The van der Waals surface area contributed by atoms with E-state index >= 15 is 0 Å². The molecule has 0 aromatic heterocycles. The Balaban J connectivity index is 2.51. The lowest BCUT2D eigenvalue weighted by atomic mass is 9.82. The van der Waals surface area contributed by atoms with E-state index < -0.39 is 0 Å². The van der Waals surface area contributed by atoms with Crippen molar-refractivity contribution in [1.29, 1.82) is 0 Å². The van der Waals surface area contributed by atoms with Gasteiger partial charge in [-0.15, -0.1) is 0 Å². The highest BCUT2D eigenvalue weighted by Gasteiger charge is 2.26. The summed E-state index contributed by atoms with van der Waals surface area (Å²) in [5, 5.41) is 5.61. The summed E-state index contributed by atoms with van der Waals surface area (Å²) >= 11 is 3.32. The van der Waals surface area contributed by atoms with Crippen LogP contribution in [0.3, 0.4) is 0 Å². The molecule has 0 spiro atoms. The number of nitrogens with one attached hydrogen (secondary N) is 2. The minimum absolute atomic E-state index is 0.0288. The summed E-state index contributed by atoms with van der Waals surface area (Å²) in [6.45, 7) is 10.4. The van der Waals surface area contributed by atoms with Crippen LogP contribution >= 0.6 is 15.9 Å². The van der Waals surface area contributed by atoms with Gasteiger partial charge in [-0.1, -0.05) is 42.8 Å². The Morgan fingerprint density at radius 1 is 1.14 bits per heavy atom. The molecule has 0 saturated heterocycles. The molecule has 22 heavy (non-hydrogen) atoms. The Bertz CT molecular complexity index is 548. The predicted molar refractivity (Wildman–Crippen MR) is 92.8 cm³/mol. The molecule has 2 N–H and O–H groups in total. The number of rotatable bonds is 5. The van der Waals surface area contributed by atoms with Gasteiger partial charge in [-0.05, 0) is 43.9 Å². The zero-order valence-corrected chi connectivity index (χ0v) is 15.5. The summed E-state index contributed by atoms with van der Waals surface area (Å²) in [6.07, 6.45) is 0.852. The highest BCUT2D eigenvalue weighted by molar-refractivity contribution is 9.10. The van der Waals surface area contributed by atoms with Crippen molar-refractivity contribution in [1.82, 2.24) is 10.6 Å². The Morgan fingerprint density at radius 2 is 1.77 bits per heavy atom. The lowest BCUT2D eigenvalue weighted by Gasteiger charge is -2.33. The van der Waals surface area contributed by atoms with Crippen molar-refractivity contribution < 1.29 is 9.59 Å². The molecule has 0 aliphatic rings. The third-order valence-electron chi connectivity index (χ3n) is 2.95. The molecule has 0 saturated carbocycles. The molecule has 0 atom stereocenters. The second kappa shape index (κ2) is 7.27. The van der Waals surface area contributed by atoms with E-state index in [9.17, 15) is 9.59 Å². The molecule has 0 aliphatic carbocycles. The number of carbonyl (C=O) groups is 2. The molecule has 0 bridgehead atoms. The fraction of sp³-hybridized carbons (Fsp3) is 0.529. The molecule has 1 aromatic carbocycles. The van der Waals surface area contributed by atoms with Crippen LogP contribution < -0.4 is 10.6 Å². The van der Waals surface area contributed by atoms with Crippen LogP contribution in [0.25, 0.3) is 0 Å². The van der Waals surface area contributed by atoms with Gasteiger partial charge in [0, 0.05) is 15.6 Å². The van der Waals surface area contributed by atoms with Gasteiger partial charge in [-0.25, -0.2) is 0 Å². The minimum atomic E-state index is -0.310. The molecule has 0 aliphatic heterocycles. The number of hydrogen-bond donors (Lipinski definition) is 2. The number of benzene rings is 1. The van der Waals surface area contributed by atoms with Gasteiger partial charge in [-0.3, -0.25) is 9.59 Å². The molecule has 4 nitrogen and oxygen atoms in total. The normalized spacial score (nSPS) is 11.9. The van der Waals surface area contributed by atoms with Crippen molar-refractivity contribution in [3.05, 3.63) is 34.3 Å². The Morgan fingerprint density at radius 3 is 2.32 bits per heavy atom. The Labute approximate surface area is 141 Å². The van der Waals surface area contributed by atoms with Gasteiger partial charge in [0.15, 0.2) is 0 Å². The van der Waals surface area contributed by atoms with Crippen LogP contribution in [0.2, 0.25) is 0 Å². The highest BCUT2D eigenvalue weighted by Crippen LogP contribution is 2.26. The smallest absolute Gasteiger partial charge is 0.251 e. The molecular weight excluding hydrogens is 344 g/mol. The van der Waals surface area contributed by atoms with Crippen LogP contribution in [0, 0.1) is 5.41 Å². The summed E-state index contributed by atoms with van der Waals surface area (Å²) in [6, 6.07) is 7.06. The first-order chi connectivity index (χ1) is 9.98. The van der Waals surface area contributed by atoms with E-state index in [2.05, 4.69) is 47.3 Å². The maximum atomic E-state index is 12.0. The van der Waals surface area contributed by atoms with Crippen LogP contribution in [-0.4, -0.2) is 23.9 Å². The molecule has 1 rings (SSSR count). The molecule has 5 heteroatoms. The molecule has 122 valence electrons. The topological polar surface area (TPSA) is 58.2 Å². The second-order valence-corrected chi connectivity index (χ2v) is 8.28. The first kappa shape index (κ1) is 18.7.